The van der Waals surface area contributed by atoms with Gasteiger partial charge in [-0.15, -0.1) is 0 Å². The highest BCUT2D eigenvalue weighted by molar-refractivity contribution is 5.26. The molecule has 0 heterocycles. The zero-order valence-corrected chi connectivity index (χ0v) is 10.7. The fraction of sp³-hybridized carbons (Fsp3) is 0.571. The molecule has 1 aromatic rings. The van der Waals surface area contributed by atoms with Crippen molar-refractivity contribution in [3.8, 4) is 0 Å². The zero-order valence-electron chi connectivity index (χ0n) is 10.7. The number of aliphatic hydroxyl groups excluding tert-OH is 1. The number of benzene rings is 1. The Morgan fingerprint density at radius 2 is 1.56 bits per heavy atom. The maximum Gasteiger partial charge on any atom is 0.0940 e. The summed E-state index contributed by atoms with van der Waals surface area (Å²) in [6.45, 7) is 9.28. The number of hydrogen-bond donors (Lipinski definition) is 2. The fourth-order valence-electron chi connectivity index (χ4n) is 1.80. The van der Waals surface area contributed by atoms with Gasteiger partial charge < -0.3 is 10.4 Å². The van der Waals surface area contributed by atoms with E-state index in [1.54, 1.807) is 0 Å². The van der Waals surface area contributed by atoms with Gasteiger partial charge in [0.2, 0.25) is 0 Å². The van der Waals surface area contributed by atoms with Gasteiger partial charge in [0, 0.05) is 6.04 Å². The number of nitrogens with one attached hydrogen (secondary N) is 1. The standard InChI is InChI=1S/C14H23NO/c1-5-15-11(4)14(16)13-8-6-12(7-9-13)10(2)3/h6-11,14-16H,5H2,1-4H3. The predicted octanol–water partition coefficient (Wildman–Crippen LogP) is 2.84. The normalized spacial score (nSPS) is 15.1. The van der Waals surface area contributed by atoms with E-state index in [1.165, 1.54) is 5.56 Å². The van der Waals surface area contributed by atoms with Crippen LogP contribution in [0.1, 0.15) is 50.8 Å². The Kier molecular flexibility index (Phi) is 4.97. The third-order valence-corrected chi connectivity index (χ3v) is 2.94. The molecule has 0 saturated heterocycles. The maximum atomic E-state index is 10.1. The third-order valence-electron chi connectivity index (χ3n) is 2.94. The van der Waals surface area contributed by atoms with Gasteiger partial charge >= 0.3 is 0 Å². The summed E-state index contributed by atoms with van der Waals surface area (Å²) in [5.74, 6) is 0.539. The van der Waals surface area contributed by atoms with E-state index < -0.39 is 6.10 Å². The van der Waals surface area contributed by atoms with Crippen LogP contribution >= 0.6 is 0 Å². The van der Waals surface area contributed by atoms with Crippen LogP contribution in [0.25, 0.3) is 0 Å². The minimum Gasteiger partial charge on any atom is -0.387 e. The first-order valence-electron chi connectivity index (χ1n) is 6.07. The number of aliphatic hydroxyl groups is 1. The van der Waals surface area contributed by atoms with E-state index in [2.05, 4.69) is 31.3 Å². The summed E-state index contributed by atoms with van der Waals surface area (Å²) < 4.78 is 0. The molecule has 0 aliphatic heterocycles. The molecular weight excluding hydrogens is 198 g/mol. The molecule has 2 heteroatoms. The van der Waals surface area contributed by atoms with E-state index in [0.717, 1.165) is 12.1 Å². The van der Waals surface area contributed by atoms with Gasteiger partial charge in [0.1, 0.15) is 0 Å². The van der Waals surface area contributed by atoms with Gasteiger partial charge in [0.15, 0.2) is 0 Å². The molecule has 0 spiro atoms. The molecule has 2 atom stereocenters. The molecule has 2 nitrogen and oxygen atoms in total. The van der Waals surface area contributed by atoms with Crippen LogP contribution in [-0.2, 0) is 0 Å². The monoisotopic (exact) mass is 221 g/mol. The molecule has 1 aromatic carbocycles. The number of hydrogen-bond acceptors (Lipinski definition) is 2. The zero-order chi connectivity index (χ0) is 12.1. The Balaban J connectivity index is 2.73. The summed E-state index contributed by atoms with van der Waals surface area (Å²) >= 11 is 0. The van der Waals surface area contributed by atoms with Crippen molar-refractivity contribution in [3.05, 3.63) is 35.4 Å². The van der Waals surface area contributed by atoms with Gasteiger partial charge in [-0.3, -0.25) is 0 Å². The van der Waals surface area contributed by atoms with Crippen molar-refractivity contribution in [1.82, 2.24) is 5.32 Å². The molecule has 0 aliphatic carbocycles. The summed E-state index contributed by atoms with van der Waals surface area (Å²) in [7, 11) is 0. The van der Waals surface area contributed by atoms with Crippen molar-refractivity contribution < 1.29 is 5.11 Å². The van der Waals surface area contributed by atoms with E-state index in [0.29, 0.717) is 5.92 Å². The molecular formula is C14H23NO. The number of likely N-dealkylation sites (N-methyl/N-ethyl adjacent to an activating group) is 1. The van der Waals surface area contributed by atoms with Gasteiger partial charge in [-0.1, -0.05) is 45.0 Å². The molecule has 0 aliphatic rings. The van der Waals surface area contributed by atoms with E-state index >= 15 is 0 Å². The van der Waals surface area contributed by atoms with Crippen molar-refractivity contribution >= 4 is 0 Å². The van der Waals surface area contributed by atoms with Crippen LogP contribution in [0.5, 0.6) is 0 Å². The third kappa shape index (κ3) is 3.32. The molecule has 1 rings (SSSR count). The fourth-order valence-corrected chi connectivity index (χ4v) is 1.80. The SMILES string of the molecule is CCNC(C)C(O)c1ccc(C(C)C)cc1. The van der Waals surface area contributed by atoms with E-state index in [9.17, 15) is 5.11 Å². The van der Waals surface area contributed by atoms with Crippen LogP contribution < -0.4 is 5.32 Å². The van der Waals surface area contributed by atoms with Gasteiger partial charge in [-0.25, -0.2) is 0 Å². The van der Waals surface area contributed by atoms with Gasteiger partial charge in [-0.2, -0.15) is 0 Å². The number of rotatable bonds is 5. The largest absolute Gasteiger partial charge is 0.387 e. The van der Waals surface area contributed by atoms with Crippen molar-refractivity contribution in [2.75, 3.05) is 6.54 Å². The average molecular weight is 221 g/mol. The van der Waals surface area contributed by atoms with E-state index in [-0.39, 0.29) is 6.04 Å². The van der Waals surface area contributed by atoms with Crippen molar-refractivity contribution in [3.63, 3.8) is 0 Å². The Morgan fingerprint density at radius 3 is 2.00 bits per heavy atom. The Hall–Kier alpha value is -0.860. The Morgan fingerprint density at radius 1 is 1.06 bits per heavy atom. The van der Waals surface area contributed by atoms with E-state index in [1.807, 2.05) is 26.0 Å². The molecule has 0 amide bonds. The first-order valence-corrected chi connectivity index (χ1v) is 6.07. The second-order valence-electron chi connectivity index (χ2n) is 4.61. The highest BCUT2D eigenvalue weighted by atomic mass is 16.3. The molecule has 2 unspecified atom stereocenters. The molecule has 16 heavy (non-hydrogen) atoms. The maximum absolute atomic E-state index is 10.1. The molecule has 2 N–H and O–H groups in total. The van der Waals surface area contributed by atoms with Crippen molar-refractivity contribution in [2.45, 2.75) is 45.8 Å². The van der Waals surface area contributed by atoms with Gasteiger partial charge in [-0.05, 0) is 30.5 Å². The lowest BCUT2D eigenvalue weighted by molar-refractivity contribution is 0.137. The molecule has 0 saturated carbocycles. The predicted molar refractivity (Wildman–Crippen MR) is 68.6 cm³/mol. The van der Waals surface area contributed by atoms with Gasteiger partial charge in [0.25, 0.3) is 0 Å². The van der Waals surface area contributed by atoms with E-state index in [4.69, 9.17) is 0 Å². The summed E-state index contributed by atoms with van der Waals surface area (Å²) in [6.07, 6.45) is -0.429. The first kappa shape index (κ1) is 13.2. The second-order valence-corrected chi connectivity index (χ2v) is 4.61. The second kappa shape index (κ2) is 6.02. The van der Waals surface area contributed by atoms with Crippen LogP contribution in [0, 0.1) is 0 Å². The quantitative estimate of drug-likeness (QED) is 0.801. The molecule has 0 bridgehead atoms. The summed E-state index contributed by atoms with van der Waals surface area (Å²) in [5.41, 5.74) is 2.30. The highest BCUT2D eigenvalue weighted by Gasteiger charge is 2.14. The topological polar surface area (TPSA) is 32.3 Å². The Labute approximate surface area is 98.7 Å². The lowest BCUT2D eigenvalue weighted by Crippen LogP contribution is -2.31. The molecule has 0 fully saturated rings. The lowest BCUT2D eigenvalue weighted by Gasteiger charge is -2.20. The minimum atomic E-state index is -0.429. The van der Waals surface area contributed by atoms with Gasteiger partial charge in [0.05, 0.1) is 6.10 Å². The van der Waals surface area contributed by atoms with Crippen molar-refractivity contribution in [1.29, 1.82) is 0 Å². The van der Waals surface area contributed by atoms with Crippen LogP contribution in [0.2, 0.25) is 0 Å². The Bertz CT molecular complexity index is 305. The van der Waals surface area contributed by atoms with Crippen LogP contribution in [0.15, 0.2) is 24.3 Å². The summed E-state index contributed by atoms with van der Waals surface area (Å²) in [5, 5.41) is 13.3. The smallest absolute Gasteiger partial charge is 0.0940 e. The van der Waals surface area contributed by atoms with Crippen molar-refractivity contribution in [2.24, 2.45) is 0 Å². The van der Waals surface area contributed by atoms with Crippen LogP contribution in [0.4, 0.5) is 0 Å². The molecule has 0 radical (unpaired) electrons. The highest BCUT2D eigenvalue weighted by Crippen LogP contribution is 2.20. The average Bonchev–Trinajstić information content (AvgIpc) is 2.28. The summed E-state index contributed by atoms with van der Waals surface area (Å²) in [4.78, 5) is 0. The minimum absolute atomic E-state index is 0.0925. The molecule has 0 aromatic heterocycles. The summed E-state index contributed by atoms with van der Waals surface area (Å²) in [6, 6.07) is 8.33. The van der Waals surface area contributed by atoms with Crippen LogP contribution in [0.3, 0.4) is 0 Å². The molecule has 90 valence electrons. The first-order chi connectivity index (χ1) is 7.56. The van der Waals surface area contributed by atoms with Crippen LogP contribution in [-0.4, -0.2) is 17.7 Å². The lowest BCUT2D eigenvalue weighted by atomic mass is 9.98.